The minimum absolute atomic E-state index is 0.406. The van der Waals surface area contributed by atoms with E-state index in [4.69, 9.17) is 40.0 Å². The van der Waals surface area contributed by atoms with Gasteiger partial charge in [-0.25, -0.2) is 9.13 Å². The number of aliphatic hydroxyl groups excluding tert-OH is 4. The third-order valence-electron chi connectivity index (χ3n) is 1.55. The van der Waals surface area contributed by atoms with Crippen LogP contribution in [0.2, 0.25) is 0 Å². The van der Waals surface area contributed by atoms with Crippen molar-refractivity contribution in [2.24, 2.45) is 5.41 Å². The van der Waals surface area contributed by atoms with E-state index in [-0.39, 0.29) is 0 Å². The Kier molecular flexibility index (Phi) is 9.42. The van der Waals surface area contributed by atoms with Gasteiger partial charge in [0.25, 0.3) is 0 Å². The molecule has 0 saturated carbocycles. The number of phosphoric acid groups is 2. The summed E-state index contributed by atoms with van der Waals surface area (Å²) < 4.78 is 22.2. The highest BCUT2D eigenvalue weighted by atomic mass is 31.3. The summed E-state index contributed by atoms with van der Waals surface area (Å²) in [5.41, 5.74) is -1.11. The molecule has 0 radical (unpaired) electrons. The molecule has 11 nitrogen and oxygen atoms in total. The second-order valence-electron chi connectivity index (χ2n) is 3.20. The molecule has 0 aliphatic carbocycles. The first-order chi connectivity index (χ1) is 7.95. The summed E-state index contributed by atoms with van der Waals surface area (Å²) in [5.74, 6) is 0. The quantitative estimate of drug-likeness (QED) is 0.234. The van der Waals surface area contributed by atoms with Crippen LogP contribution in [0.5, 0.6) is 0 Å². The van der Waals surface area contributed by atoms with Gasteiger partial charge in [0.15, 0.2) is 0 Å². The molecular weight excluding hydrogens is 298 g/mol. The van der Waals surface area contributed by atoms with E-state index in [1.165, 1.54) is 0 Å². The lowest BCUT2D eigenvalue weighted by Crippen LogP contribution is -2.37. The molecule has 0 aliphatic rings. The fourth-order valence-electron chi connectivity index (χ4n) is 0.439. The van der Waals surface area contributed by atoms with E-state index >= 15 is 0 Å². The van der Waals surface area contributed by atoms with E-state index in [0.29, 0.717) is 0 Å². The van der Waals surface area contributed by atoms with Crippen molar-refractivity contribution >= 4 is 15.6 Å². The van der Waals surface area contributed by atoms with E-state index < -0.39 is 47.5 Å². The van der Waals surface area contributed by atoms with Gasteiger partial charge in [0.1, 0.15) is 0 Å². The van der Waals surface area contributed by atoms with Crippen molar-refractivity contribution in [3.05, 3.63) is 0 Å². The summed E-state index contributed by atoms with van der Waals surface area (Å²) in [6.07, 6.45) is 0. The molecule has 0 heterocycles. The number of rotatable bonds is 6. The Labute approximate surface area is 102 Å². The van der Waals surface area contributed by atoms with Crippen LogP contribution < -0.4 is 0 Å². The minimum atomic E-state index is -5.05. The fraction of sp³-hybridized carbons (Fsp3) is 1.00. The lowest BCUT2D eigenvalue weighted by Gasteiger charge is -2.23. The predicted octanol–water partition coefficient (Wildman–Crippen LogP) is -2.87. The largest absolute Gasteiger partial charge is 0.478 e. The molecular formula is C5H16O11P2. The molecule has 18 heavy (non-hydrogen) atoms. The van der Waals surface area contributed by atoms with Gasteiger partial charge in [0.05, 0.1) is 31.8 Å². The highest BCUT2D eigenvalue weighted by Crippen LogP contribution is 2.53. The van der Waals surface area contributed by atoms with E-state index in [1.807, 2.05) is 0 Å². The van der Waals surface area contributed by atoms with Gasteiger partial charge in [0.2, 0.25) is 0 Å². The second kappa shape index (κ2) is 8.31. The van der Waals surface area contributed by atoms with Gasteiger partial charge in [-0.3, -0.25) is 0 Å². The van der Waals surface area contributed by atoms with Crippen LogP contribution in [0, 0.1) is 5.41 Å². The number of hydrogen-bond donors (Lipinski definition) is 8. The maximum atomic E-state index is 9.63. The summed E-state index contributed by atoms with van der Waals surface area (Å²) in [6.45, 7) is -1.62. The zero-order valence-corrected chi connectivity index (χ0v) is 10.8. The standard InChI is InChI=1S/C5H12O4.H4O7P2/c6-1-5(2-7,3-8)4-9;1-8(2,3)7-9(4,5)6/h6-9H,1-4H2;(H2,1,2,3)(H2,4,5,6). The third kappa shape index (κ3) is 11.2. The summed E-state index contributed by atoms with van der Waals surface area (Å²) in [7, 11) is -10.1. The van der Waals surface area contributed by atoms with Crippen molar-refractivity contribution < 1.29 is 53.4 Å². The summed E-state index contributed by atoms with van der Waals surface area (Å²) in [6, 6.07) is 0. The SMILES string of the molecule is O=P(O)(O)OP(=O)(O)O.OCC(CO)(CO)CO. The van der Waals surface area contributed by atoms with Crippen LogP contribution >= 0.6 is 15.6 Å². The predicted molar refractivity (Wildman–Crippen MR) is 55.9 cm³/mol. The van der Waals surface area contributed by atoms with E-state index in [1.54, 1.807) is 0 Å². The van der Waals surface area contributed by atoms with Gasteiger partial charge < -0.3 is 40.0 Å². The van der Waals surface area contributed by atoms with Gasteiger partial charge in [-0.15, -0.1) is 0 Å². The number of aliphatic hydroxyl groups is 4. The van der Waals surface area contributed by atoms with Gasteiger partial charge in [0, 0.05) is 0 Å². The molecule has 8 N–H and O–H groups in total. The maximum absolute atomic E-state index is 9.63. The van der Waals surface area contributed by atoms with Crippen molar-refractivity contribution in [2.45, 2.75) is 0 Å². The molecule has 0 unspecified atom stereocenters. The molecule has 0 rings (SSSR count). The molecule has 0 aromatic heterocycles. The Hall–Kier alpha value is 0.1000. The average molecular weight is 314 g/mol. The molecule has 0 atom stereocenters. The Morgan fingerprint density at radius 3 is 0.944 bits per heavy atom. The zero-order chi connectivity index (χ0) is 15.0. The van der Waals surface area contributed by atoms with Crippen molar-refractivity contribution in [3.8, 4) is 0 Å². The molecule has 0 fully saturated rings. The normalized spacial score (nSPS) is 12.9. The van der Waals surface area contributed by atoms with Gasteiger partial charge in [-0.1, -0.05) is 0 Å². The fourth-order valence-corrected chi connectivity index (χ4v) is 1.55. The number of hydrogen-bond acceptors (Lipinski definition) is 7. The molecule has 0 spiro atoms. The lowest BCUT2D eigenvalue weighted by atomic mass is 9.93. The first kappa shape index (κ1) is 20.4. The molecule has 0 amide bonds. The Bertz CT molecular complexity index is 263. The van der Waals surface area contributed by atoms with Crippen LogP contribution in [0.25, 0.3) is 0 Å². The summed E-state index contributed by atoms with van der Waals surface area (Å²) >= 11 is 0. The average Bonchev–Trinajstić information content (AvgIpc) is 2.17. The lowest BCUT2D eigenvalue weighted by molar-refractivity contribution is -0.0328. The third-order valence-corrected chi connectivity index (χ3v) is 3.26. The Morgan fingerprint density at radius 2 is 0.944 bits per heavy atom. The van der Waals surface area contributed by atoms with Crippen LogP contribution in [-0.2, 0) is 13.4 Å². The van der Waals surface area contributed by atoms with E-state index in [0.717, 1.165) is 0 Å². The summed E-state index contributed by atoms with van der Waals surface area (Å²) in [5, 5.41) is 34.0. The van der Waals surface area contributed by atoms with Gasteiger partial charge in [-0.05, 0) is 0 Å². The van der Waals surface area contributed by atoms with Gasteiger partial charge >= 0.3 is 15.6 Å². The first-order valence-corrected chi connectivity index (χ1v) is 7.27. The molecule has 13 heteroatoms. The van der Waals surface area contributed by atoms with Crippen LogP contribution in [-0.4, -0.2) is 66.4 Å². The van der Waals surface area contributed by atoms with Crippen LogP contribution in [0.3, 0.4) is 0 Å². The Morgan fingerprint density at radius 1 is 0.722 bits per heavy atom. The maximum Gasteiger partial charge on any atom is 0.478 e. The highest BCUT2D eigenvalue weighted by molar-refractivity contribution is 7.60. The second-order valence-corrected chi connectivity index (χ2v) is 5.81. The molecule has 0 saturated heterocycles. The van der Waals surface area contributed by atoms with Crippen molar-refractivity contribution in [3.63, 3.8) is 0 Å². The molecule has 0 aliphatic heterocycles. The zero-order valence-electron chi connectivity index (χ0n) is 9.03. The Balaban J connectivity index is 0. The topological polar surface area (TPSA) is 205 Å². The van der Waals surface area contributed by atoms with Crippen LogP contribution in [0.1, 0.15) is 0 Å². The van der Waals surface area contributed by atoms with E-state index in [2.05, 4.69) is 4.31 Å². The van der Waals surface area contributed by atoms with E-state index in [9.17, 15) is 9.13 Å². The molecule has 0 bridgehead atoms. The van der Waals surface area contributed by atoms with Crippen molar-refractivity contribution in [1.82, 2.24) is 0 Å². The summed E-state index contributed by atoms with van der Waals surface area (Å²) in [4.78, 5) is 31.0. The molecule has 112 valence electrons. The van der Waals surface area contributed by atoms with Gasteiger partial charge in [-0.2, -0.15) is 4.31 Å². The first-order valence-electron chi connectivity index (χ1n) is 4.21. The van der Waals surface area contributed by atoms with Crippen molar-refractivity contribution in [1.29, 1.82) is 0 Å². The monoisotopic (exact) mass is 314 g/mol. The molecule has 0 aromatic carbocycles. The molecule has 0 aromatic rings. The van der Waals surface area contributed by atoms with Crippen LogP contribution in [0.15, 0.2) is 0 Å². The smallest absolute Gasteiger partial charge is 0.396 e. The van der Waals surface area contributed by atoms with Crippen LogP contribution in [0.4, 0.5) is 0 Å². The highest BCUT2D eigenvalue weighted by Gasteiger charge is 2.28. The minimum Gasteiger partial charge on any atom is -0.396 e. The van der Waals surface area contributed by atoms with Crippen molar-refractivity contribution in [2.75, 3.05) is 26.4 Å².